The summed E-state index contributed by atoms with van der Waals surface area (Å²) < 4.78 is 20.2. The molecule has 1 aromatic carbocycles. The molecule has 2 aliphatic heterocycles. The lowest BCUT2D eigenvalue weighted by atomic mass is 10.0. The normalized spacial score (nSPS) is 19.8. The Morgan fingerprint density at radius 3 is 2.80 bits per heavy atom. The van der Waals surface area contributed by atoms with Crippen molar-refractivity contribution in [3.63, 3.8) is 0 Å². The third kappa shape index (κ3) is 3.53. The monoisotopic (exact) mass is 412 g/mol. The molecule has 8 heteroatoms. The lowest BCUT2D eigenvalue weighted by Gasteiger charge is -2.29. The molecule has 0 spiro atoms. The number of nitrogens with one attached hydrogen (secondary N) is 1. The van der Waals surface area contributed by atoms with Gasteiger partial charge in [-0.2, -0.15) is 0 Å². The van der Waals surface area contributed by atoms with E-state index in [0.717, 1.165) is 18.2 Å². The summed E-state index contributed by atoms with van der Waals surface area (Å²) in [6.07, 6.45) is 2.14. The average molecular weight is 413 g/mol. The van der Waals surface area contributed by atoms with Gasteiger partial charge in [-0.25, -0.2) is 4.39 Å². The number of amides is 3. The Bertz CT molecular complexity index is 725. The van der Waals surface area contributed by atoms with E-state index in [-0.39, 0.29) is 42.2 Å². The minimum absolute atomic E-state index is 0.00484. The predicted molar refractivity (Wildman–Crippen MR) is 91.0 cm³/mol. The van der Waals surface area contributed by atoms with Gasteiger partial charge in [0, 0.05) is 22.9 Å². The van der Waals surface area contributed by atoms with Gasteiger partial charge in [0.25, 0.3) is 5.91 Å². The first kappa shape index (κ1) is 17.8. The van der Waals surface area contributed by atoms with Crippen LogP contribution in [0.15, 0.2) is 12.1 Å². The smallest absolute Gasteiger partial charge is 0.255 e. The standard InChI is InChI=1S/C17H18BrFN2O4/c18-7-1-2-8-25-13-5-3-10-11(15(13)19)9-21(17(10)24)12-4-6-14(22)20-16(12)23/h3,5,12H,1-2,4,6-9H2,(H,20,22,23). The van der Waals surface area contributed by atoms with Gasteiger partial charge in [0.05, 0.1) is 13.2 Å². The maximum absolute atomic E-state index is 14.7. The third-order valence-electron chi connectivity index (χ3n) is 4.40. The quantitative estimate of drug-likeness (QED) is 0.441. The number of halogens is 2. The Labute approximate surface area is 152 Å². The summed E-state index contributed by atoms with van der Waals surface area (Å²) in [4.78, 5) is 37.1. The fourth-order valence-electron chi connectivity index (χ4n) is 3.07. The van der Waals surface area contributed by atoms with Crippen LogP contribution in [-0.2, 0) is 16.1 Å². The van der Waals surface area contributed by atoms with Gasteiger partial charge in [0.2, 0.25) is 11.8 Å². The van der Waals surface area contributed by atoms with Crippen molar-refractivity contribution >= 4 is 33.7 Å². The average Bonchev–Trinajstić information content (AvgIpc) is 2.91. The number of carbonyl (C=O) groups is 3. The number of ether oxygens (including phenoxy) is 1. The second-order valence-electron chi connectivity index (χ2n) is 6.05. The Kier molecular flexibility index (Phi) is 5.36. The zero-order chi connectivity index (χ0) is 18.0. The number of fused-ring (bicyclic) bond motifs is 1. The van der Waals surface area contributed by atoms with Crippen LogP contribution in [-0.4, -0.2) is 40.6 Å². The van der Waals surface area contributed by atoms with E-state index in [1.807, 2.05) is 0 Å². The summed E-state index contributed by atoms with van der Waals surface area (Å²) in [6.45, 7) is 0.400. The summed E-state index contributed by atoms with van der Waals surface area (Å²) in [6, 6.07) is 2.24. The minimum atomic E-state index is -0.750. The molecule has 6 nitrogen and oxygen atoms in total. The summed E-state index contributed by atoms with van der Waals surface area (Å²) >= 11 is 3.32. The van der Waals surface area contributed by atoms with Crippen LogP contribution in [0, 0.1) is 5.82 Å². The molecule has 2 heterocycles. The van der Waals surface area contributed by atoms with E-state index in [2.05, 4.69) is 21.2 Å². The molecule has 3 amide bonds. The van der Waals surface area contributed by atoms with Crippen LogP contribution >= 0.6 is 15.9 Å². The SMILES string of the molecule is O=C1CCC(N2Cc3c(ccc(OCCCCBr)c3F)C2=O)C(=O)N1. The van der Waals surface area contributed by atoms with Crippen molar-refractivity contribution in [3.05, 3.63) is 29.1 Å². The zero-order valence-electron chi connectivity index (χ0n) is 13.5. The molecule has 1 saturated heterocycles. The number of hydrogen-bond donors (Lipinski definition) is 1. The van der Waals surface area contributed by atoms with Gasteiger partial charge in [-0.05, 0) is 31.4 Å². The van der Waals surface area contributed by atoms with Gasteiger partial charge >= 0.3 is 0 Å². The van der Waals surface area contributed by atoms with E-state index in [1.165, 1.54) is 17.0 Å². The highest BCUT2D eigenvalue weighted by Crippen LogP contribution is 2.33. The number of rotatable bonds is 6. The molecule has 0 saturated carbocycles. The molecule has 0 radical (unpaired) electrons. The number of carbonyl (C=O) groups excluding carboxylic acids is 3. The highest BCUT2D eigenvalue weighted by Gasteiger charge is 2.40. The van der Waals surface area contributed by atoms with Crippen molar-refractivity contribution in [3.8, 4) is 5.75 Å². The lowest BCUT2D eigenvalue weighted by Crippen LogP contribution is -2.52. The largest absolute Gasteiger partial charge is 0.491 e. The maximum atomic E-state index is 14.7. The second kappa shape index (κ2) is 7.51. The number of benzene rings is 1. The van der Waals surface area contributed by atoms with Gasteiger partial charge in [-0.3, -0.25) is 19.7 Å². The second-order valence-corrected chi connectivity index (χ2v) is 6.84. The van der Waals surface area contributed by atoms with Crippen molar-refractivity contribution in [1.29, 1.82) is 0 Å². The molecule has 0 bridgehead atoms. The molecule has 2 aliphatic rings. The van der Waals surface area contributed by atoms with Crippen LogP contribution in [0.5, 0.6) is 5.75 Å². The van der Waals surface area contributed by atoms with Crippen molar-refractivity contribution in [2.24, 2.45) is 0 Å². The molecule has 1 fully saturated rings. The van der Waals surface area contributed by atoms with Gasteiger partial charge in [-0.1, -0.05) is 15.9 Å². The molecular weight excluding hydrogens is 395 g/mol. The summed E-state index contributed by atoms with van der Waals surface area (Å²) in [5.74, 6) is -1.69. The summed E-state index contributed by atoms with van der Waals surface area (Å²) in [5, 5.41) is 3.08. The number of imide groups is 1. The van der Waals surface area contributed by atoms with E-state index in [0.29, 0.717) is 6.61 Å². The van der Waals surface area contributed by atoms with Crippen LogP contribution < -0.4 is 10.1 Å². The highest BCUT2D eigenvalue weighted by atomic mass is 79.9. The highest BCUT2D eigenvalue weighted by molar-refractivity contribution is 9.09. The molecule has 1 aromatic rings. The summed E-state index contributed by atoms with van der Waals surface area (Å²) in [5.41, 5.74) is 0.489. The summed E-state index contributed by atoms with van der Waals surface area (Å²) in [7, 11) is 0. The molecule has 25 heavy (non-hydrogen) atoms. The van der Waals surface area contributed by atoms with Crippen molar-refractivity contribution in [2.45, 2.75) is 38.3 Å². The third-order valence-corrected chi connectivity index (χ3v) is 4.96. The molecule has 134 valence electrons. The van der Waals surface area contributed by atoms with Crippen LogP contribution in [0.4, 0.5) is 4.39 Å². The van der Waals surface area contributed by atoms with Crippen molar-refractivity contribution in [2.75, 3.05) is 11.9 Å². The van der Waals surface area contributed by atoms with Crippen LogP contribution in [0.2, 0.25) is 0 Å². The molecular formula is C17H18BrFN2O4. The van der Waals surface area contributed by atoms with Crippen LogP contribution in [0.25, 0.3) is 0 Å². The number of alkyl halides is 1. The van der Waals surface area contributed by atoms with Gasteiger partial charge < -0.3 is 9.64 Å². The molecule has 1 atom stereocenters. The van der Waals surface area contributed by atoms with E-state index in [4.69, 9.17) is 4.74 Å². The number of nitrogens with zero attached hydrogens (tertiary/aromatic N) is 1. The van der Waals surface area contributed by atoms with E-state index < -0.39 is 23.7 Å². The zero-order valence-corrected chi connectivity index (χ0v) is 15.1. The number of piperidine rings is 1. The molecule has 1 N–H and O–H groups in total. The number of hydrogen-bond acceptors (Lipinski definition) is 4. The Morgan fingerprint density at radius 2 is 2.08 bits per heavy atom. The Balaban J connectivity index is 1.75. The molecule has 3 rings (SSSR count). The maximum Gasteiger partial charge on any atom is 0.255 e. The first-order valence-electron chi connectivity index (χ1n) is 8.17. The molecule has 1 unspecified atom stereocenters. The van der Waals surface area contributed by atoms with Crippen molar-refractivity contribution < 1.29 is 23.5 Å². The lowest BCUT2D eigenvalue weighted by molar-refractivity contribution is -0.136. The van der Waals surface area contributed by atoms with Crippen LogP contribution in [0.3, 0.4) is 0 Å². The van der Waals surface area contributed by atoms with Gasteiger partial charge in [0.15, 0.2) is 11.6 Å². The van der Waals surface area contributed by atoms with Gasteiger partial charge in [-0.15, -0.1) is 0 Å². The topological polar surface area (TPSA) is 75.7 Å². The fraction of sp³-hybridized carbons (Fsp3) is 0.471. The Morgan fingerprint density at radius 1 is 1.28 bits per heavy atom. The van der Waals surface area contributed by atoms with Gasteiger partial charge in [0.1, 0.15) is 6.04 Å². The Hall–Kier alpha value is -1.96. The molecule has 0 aliphatic carbocycles. The number of unbranched alkanes of at least 4 members (excludes halogenated alkanes) is 1. The first-order chi connectivity index (χ1) is 12.0. The van der Waals surface area contributed by atoms with E-state index in [1.54, 1.807) is 0 Å². The van der Waals surface area contributed by atoms with Crippen molar-refractivity contribution in [1.82, 2.24) is 10.2 Å². The fourth-order valence-corrected chi connectivity index (χ4v) is 3.47. The van der Waals surface area contributed by atoms with Crippen LogP contribution in [0.1, 0.15) is 41.6 Å². The predicted octanol–water partition coefficient (Wildman–Crippen LogP) is 2.14. The van der Waals surface area contributed by atoms with E-state index in [9.17, 15) is 18.8 Å². The first-order valence-corrected chi connectivity index (χ1v) is 9.30. The molecule has 0 aromatic heterocycles. The minimum Gasteiger partial charge on any atom is -0.491 e. The van der Waals surface area contributed by atoms with E-state index >= 15 is 0 Å².